The van der Waals surface area contributed by atoms with Gasteiger partial charge < -0.3 is 14.6 Å². The van der Waals surface area contributed by atoms with Crippen LogP contribution in [0, 0.1) is 11.8 Å². The Morgan fingerprint density at radius 2 is 1.83 bits per heavy atom. The van der Waals surface area contributed by atoms with E-state index in [1.54, 1.807) is 23.1 Å². The molecule has 7 heteroatoms. The summed E-state index contributed by atoms with van der Waals surface area (Å²) in [4.78, 5) is 22.0. The maximum Gasteiger partial charge on any atom is 0.410 e. The van der Waals surface area contributed by atoms with Crippen molar-refractivity contribution in [3.8, 4) is 23.0 Å². The van der Waals surface area contributed by atoms with Crippen molar-refractivity contribution in [2.45, 2.75) is 39.3 Å². The number of halogens is 2. The molecule has 0 radical (unpaired) electrons. The molecule has 1 N–H and O–H groups in total. The second-order valence-electron chi connectivity index (χ2n) is 9.80. The molecule has 1 aliphatic heterocycles. The molecule has 4 aromatic rings. The van der Waals surface area contributed by atoms with Crippen molar-refractivity contribution >= 4 is 40.3 Å². The zero-order valence-electron chi connectivity index (χ0n) is 20.3. The summed E-state index contributed by atoms with van der Waals surface area (Å²) in [5.41, 5.74) is 6.12. The van der Waals surface area contributed by atoms with Crippen LogP contribution in [0.1, 0.15) is 43.0 Å². The number of amides is 1. The predicted octanol–water partition coefficient (Wildman–Crippen LogP) is 7.23. The summed E-state index contributed by atoms with van der Waals surface area (Å²) in [7, 11) is 0. The average Bonchev–Trinajstić information content (AvgIpc) is 3.24. The molecule has 36 heavy (non-hydrogen) atoms. The van der Waals surface area contributed by atoms with Crippen molar-refractivity contribution in [1.82, 2.24) is 14.9 Å². The van der Waals surface area contributed by atoms with Gasteiger partial charge in [-0.25, -0.2) is 9.78 Å². The molecular weight excluding hydrogens is 493 g/mol. The van der Waals surface area contributed by atoms with E-state index in [2.05, 4.69) is 46.1 Å². The van der Waals surface area contributed by atoms with Crippen LogP contribution in [0.2, 0.25) is 10.0 Å². The van der Waals surface area contributed by atoms with Gasteiger partial charge in [0.05, 0.1) is 21.2 Å². The van der Waals surface area contributed by atoms with Crippen molar-refractivity contribution in [3.63, 3.8) is 0 Å². The lowest BCUT2D eigenvalue weighted by molar-refractivity contribution is 0.0224. The molecule has 0 saturated heterocycles. The molecule has 5 rings (SSSR count). The van der Waals surface area contributed by atoms with E-state index in [1.807, 2.05) is 33.2 Å². The number of ether oxygens (including phenoxy) is 1. The Labute approximate surface area is 220 Å². The number of fused-ring (bicyclic) bond motifs is 2. The summed E-state index contributed by atoms with van der Waals surface area (Å²) < 4.78 is 5.54. The van der Waals surface area contributed by atoms with Crippen LogP contribution in [-0.4, -0.2) is 33.1 Å². The van der Waals surface area contributed by atoms with Gasteiger partial charge in [0, 0.05) is 36.4 Å². The van der Waals surface area contributed by atoms with Gasteiger partial charge in [0.15, 0.2) is 0 Å². The van der Waals surface area contributed by atoms with Crippen LogP contribution in [0.3, 0.4) is 0 Å². The van der Waals surface area contributed by atoms with Gasteiger partial charge in [0.25, 0.3) is 0 Å². The lowest BCUT2D eigenvalue weighted by Gasteiger charge is -2.31. The van der Waals surface area contributed by atoms with Gasteiger partial charge in [-0.05, 0) is 62.1 Å². The largest absolute Gasteiger partial charge is 0.444 e. The van der Waals surface area contributed by atoms with Gasteiger partial charge in [0.1, 0.15) is 11.2 Å². The molecule has 2 aromatic carbocycles. The molecule has 182 valence electrons. The summed E-state index contributed by atoms with van der Waals surface area (Å²) in [5.74, 6) is 6.29. The summed E-state index contributed by atoms with van der Waals surface area (Å²) in [6, 6.07) is 13.8. The van der Waals surface area contributed by atoms with Crippen LogP contribution in [0.15, 0.2) is 54.9 Å². The quantitative estimate of drug-likeness (QED) is 0.271. The topological polar surface area (TPSA) is 58.2 Å². The highest BCUT2D eigenvalue weighted by atomic mass is 35.5. The van der Waals surface area contributed by atoms with E-state index >= 15 is 0 Å². The van der Waals surface area contributed by atoms with E-state index in [1.165, 1.54) is 5.56 Å². The number of nitrogens with one attached hydrogen (secondary N) is 1. The van der Waals surface area contributed by atoms with Gasteiger partial charge in [-0.2, -0.15) is 0 Å². The molecule has 1 amide bonds. The van der Waals surface area contributed by atoms with Gasteiger partial charge in [0.2, 0.25) is 0 Å². The molecule has 0 saturated carbocycles. The highest BCUT2D eigenvalue weighted by Crippen LogP contribution is 2.29. The summed E-state index contributed by atoms with van der Waals surface area (Å²) >= 11 is 12.5. The lowest BCUT2D eigenvalue weighted by Crippen LogP contribution is -2.39. The Kier molecular flexibility index (Phi) is 6.42. The number of carbonyl (C=O) groups excluding carboxylic acids is 1. The number of pyridine rings is 1. The molecule has 0 aliphatic carbocycles. The minimum Gasteiger partial charge on any atom is -0.444 e. The zero-order chi connectivity index (χ0) is 25.4. The smallest absolute Gasteiger partial charge is 0.410 e. The number of aromatic amines is 1. The van der Waals surface area contributed by atoms with Crippen LogP contribution in [-0.2, 0) is 17.7 Å². The highest BCUT2D eigenvalue weighted by Gasteiger charge is 2.25. The first kappa shape index (κ1) is 24.2. The number of aromatic nitrogens is 2. The molecule has 0 bridgehead atoms. The molecule has 0 unspecified atom stereocenters. The second kappa shape index (κ2) is 9.54. The third kappa shape index (κ3) is 5.06. The van der Waals surface area contributed by atoms with Gasteiger partial charge in [-0.3, -0.25) is 0 Å². The van der Waals surface area contributed by atoms with Crippen LogP contribution in [0.5, 0.6) is 0 Å². The number of H-pyrrole nitrogens is 1. The van der Waals surface area contributed by atoms with Crippen molar-refractivity contribution in [1.29, 1.82) is 0 Å². The monoisotopic (exact) mass is 517 g/mol. The van der Waals surface area contributed by atoms with Gasteiger partial charge in [-0.15, -0.1) is 0 Å². The first-order chi connectivity index (χ1) is 17.2. The van der Waals surface area contributed by atoms with Gasteiger partial charge in [-0.1, -0.05) is 59.3 Å². The fraction of sp³-hybridized carbons (Fsp3) is 0.241. The number of rotatable bonds is 1. The molecule has 1 aliphatic rings. The number of hydrogen-bond donors (Lipinski definition) is 1. The molecule has 0 atom stereocenters. The third-order valence-electron chi connectivity index (χ3n) is 6.02. The molecule has 5 nitrogen and oxygen atoms in total. The predicted molar refractivity (Wildman–Crippen MR) is 144 cm³/mol. The number of carbonyl (C=O) groups is 1. The lowest BCUT2D eigenvalue weighted by atomic mass is 9.95. The highest BCUT2D eigenvalue weighted by molar-refractivity contribution is 6.36. The SMILES string of the molecule is CC(C)(C)OC(=O)N1CCc2cc(-c3cnc4[nH]cc(C#Cc5c(Cl)cccc5Cl)c4c3)ccc2C1. The number of nitrogens with zero attached hydrogens (tertiary/aromatic N) is 2. The van der Waals surface area contributed by atoms with Crippen LogP contribution in [0.25, 0.3) is 22.2 Å². The van der Waals surface area contributed by atoms with Crippen LogP contribution < -0.4 is 0 Å². The fourth-order valence-corrected chi connectivity index (χ4v) is 4.72. The van der Waals surface area contributed by atoms with Crippen molar-refractivity contribution in [2.24, 2.45) is 0 Å². The number of benzene rings is 2. The molecule has 0 fully saturated rings. The van der Waals surface area contributed by atoms with E-state index in [0.717, 1.165) is 39.7 Å². The Morgan fingerprint density at radius 1 is 1.06 bits per heavy atom. The maximum atomic E-state index is 12.5. The first-order valence-electron chi connectivity index (χ1n) is 11.7. The van der Waals surface area contributed by atoms with Crippen molar-refractivity contribution in [2.75, 3.05) is 6.54 Å². The van der Waals surface area contributed by atoms with E-state index < -0.39 is 5.60 Å². The third-order valence-corrected chi connectivity index (χ3v) is 6.65. The van der Waals surface area contributed by atoms with Crippen molar-refractivity contribution in [3.05, 3.63) is 87.2 Å². The van der Waals surface area contributed by atoms with E-state index in [9.17, 15) is 4.79 Å². The van der Waals surface area contributed by atoms with E-state index in [-0.39, 0.29) is 6.09 Å². The normalized spacial score (nSPS) is 13.2. The average molecular weight is 518 g/mol. The van der Waals surface area contributed by atoms with Crippen molar-refractivity contribution < 1.29 is 9.53 Å². The molecular formula is C29H25Cl2N3O2. The van der Waals surface area contributed by atoms with Crippen LogP contribution >= 0.6 is 23.2 Å². The zero-order valence-corrected chi connectivity index (χ0v) is 21.8. The maximum absolute atomic E-state index is 12.5. The Morgan fingerprint density at radius 3 is 2.58 bits per heavy atom. The first-order valence-corrected chi connectivity index (χ1v) is 12.5. The summed E-state index contributed by atoms with van der Waals surface area (Å²) in [6.45, 7) is 6.82. The Balaban J connectivity index is 1.42. The molecule has 3 heterocycles. The molecule has 2 aromatic heterocycles. The standard InChI is InChI=1S/C29H25Cl2N3O2/c1-29(2,3)36-28(35)34-12-11-19-13-18(7-8-21(19)17-34)22-14-24-20(15-32-27(24)33-16-22)9-10-23-25(30)5-4-6-26(23)31/h4-8,13-16H,11-12,17H2,1-3H3,(H,32,33). The van der Waals surface area contributed by atoms with E-state index in [4.69, 9.17) is 27.9 Å². The van der Waals surface area contributed by atoms with Crippen LogP contribution in [0.4, 0.5) is 4.79 Å². The minimum absolute atomic E-state index is 0.272. The van der Waals surface area contributed by atoms with E-state index in [0.29, 0.717) is 28.7 Å². The van der Waals surface area contributed by atoms with Gasteiger partial charge >= 0.3 is 6.09 Å². The Hall–Kier alpha value is -3.46. The fourth-order valence-electron chi connectivity index (χ4n) is 4.23. The number of hydrogen-bond acceptors (Lipinski definition) is 3. The minimum atomic E-state index is -0.506. The summed E-state index contributed by atoms with van der Waals surface area (Å²) in [5, 5.41) is 1.97. The molecule has 0 spiro atoms. The second-order valence-corrected chi connectivity index (χ2v) is 10.6. The summed E-state index contributed by atoms with van der Waals surface area (Å²) in [6.07, 6.45) is 4.21. The Bertz CT molecular complexity index is 1520.